The van der Waals surface area contributed by atoms with Gasteiger partial charge in [-0.1, -0.05) is 23.5 Å². The van der Waals surface area contributed by atoms with Crippen molar-refractivity contribution in [1.82, 2.24) is 15.2 Å². The highest BCUT2D eigenvalue weighted by atomic mass is 32.1. The highest BCUT2D eigenvalue weighted by Crippen LogP contribution is 2.49. The van der Waals surface area contributed by atoms with Crippen molar-refractivity contribution in [3.63, 3.8) is 0 Å². The lowest BCUT2D eigenvalue weighted by Crippen LogP contribution is -2.45. The Morgan fingerprint density at radius 1 is 1.19 bits per heavy atom. The van der Waals surface area contributed by atoms with E-state index in [-0.39, 0.29) is 54.3 Å². The molecule has 8 nitrogen and oxygen atoms in total. The highest BCUT2D eigenvalue weighted by Gasteiger charge is 2.54. The predicted molar refractivity (Wildman–Crippen MR) is 127 cm³/mol. The summed E-state index contributed by atoms with van der Waals surface area (Å²) in [5, 5.41) is 3.06. The first-order valence-electron chi connectivity index (χ1n) is 11.5. The fourth-order valence-electron chi connectivity index (χ4n) is 5.14. The molecule has 2 fully saturated rings. The number of amides is 2. The Kier molecular flexibility index (Phi) is 5.60. The van der Waals surface area contributed by atoms with Crippen molar-refractivity contribution in [1.29, 1.82) is 0 Å². The number of likely N-dealkylation sites (tertiary alicyclic amines) is 1. The molecule has 0 radical (unpaired) electrons. The number of thiazole rings is 1. The highest BCUT2D eigenvalue weighted by molar-refractivity contribution is 7.19. The van der Waals surface area contributed by atoms with Crippen molar-refractivity contribution < 1.29 is 27.8 Å². The third-order valence-corrected chi connectivity index (χ3v) is 7.73. The number of nitrogens with one attached hydrogen (secondary N) is 1. The smallest absolute Gasteiger partial charge is 0.274 e. The summed E-state index contributed by atoms with van der Waals surface area (Å²) in [6.07, 6.45) is 1.62. The van der Waals surface area contributed by atoms with Crippen molar-refractivity contribution in [2.24, 2.45) is 5.92 Å². The molecule has 2 amide bonds. The molecule has 3 aromatic rings. The normalized spacial score (nSPS) is 21.9. The maximum atomic E-state index is 14.1. The maximum Gasteiger partial charge on any atom is 0.274 e. The Morgan fingerprint density at radius 2 is 2.06 bits per heavy atom. The quantitative estimate of drug-likeness (QED) is 0.542. The zero-order chi connectivity index (χ0) is 25.0. The number of hydrogen-bond acceptors (Lipinski definition) is 7. The van der Waals surface area contributed by atoms with E-state index in [1.54, 1.807) is 17.0 Å². The number of nitrogens with zero attached hydrogens (tertiary/aromatic N) is 2. The summed E-state index contributed by atoms with van der Waals surface area (Å²) >= 11 is 1.13. The van der Waals surface area contributed by atoms with Crippen LogP contribution in [0.4, 0.5) is 13.9 Å². The second-order valence-corrected chi connectivity index (χ2v) is 10.2. The molecule has 3 aliphatic rings. The molecule has 11 heteroatoms. The summed E-state index contributed by atoms with van der Waals surface area (Å²) in [5.41, 5.74) is 7.21. The van der Waals surface area contributed by atoms with Crippen LogP contribution in [-0.4, -0.2) is 47.1 Å². The largest absolute Gasteiger partial charge is 0.466 e. The van der Waals surface area contributed by atoms with Crippen molar-refractivity contribution >= 4 is 28.3 Å². The van der Waals surface area contributed by atoms with Crippen LogP contribution in [0, 0.1) is 17.6 Å². The van der Waals surface area contributed by atoms with Gasteiger partial charge in [0.2, 0.25) is 0 Å². The molecule has 3 atom stereocenters. The number of hydrogen-bond donors (Lipinski definition) is 2. The third kappa shape index (κ3) is 4.07. The van der Waals surface area contributed by atoms with E-state index in [1.807, 2.05) is 0 Å². The minimum Gasteiger partial charge on any atom is -0.466 e. The standard InChI is InChI=1S/C25H22F2N4O4S/c26-15-3-1-2-12(4-15)22-20(30-25(28)36-22)24(33)31-17(6-13-7-19(13)31)9-29-23(32)18-8-16(27)5-14-10-34-11-35-21(14)18/h1-5,8,13,17,19H,6-7,9-11H2,(H2,28,30)(H,29,32)/t13?,17-,19?/m0/s1. The van der Waals surface area contributed by atoms with Gasteiger partial charge in [-0.2, -0.15) is 0 Å². The number of anilines is 1. The Hall–Kier alpha value is -3.57. The van der Waals surface area contributed by atoms with Gasteiger partial charge in [-0.15, -0.1) is 0 Å². The van der Waals surface area contributed by atoms with Gasteiger partial charge in [-0.05, 0) is 48.6 Å². The zero-order valence-electron chi connectivity index (χ0n) is 19.0. The van der Waals surface area contributed by atoms with Gasteiger partial charge >= 0.3 is 0 Å². The molecule has 0 spiro atoms. The van der Waals surface area contributed by atoms with Gasteiger partial charge in [0.05, 0.1) is 23.1 Å². The third-order valence-electron chi connectivity index (χ3n) is 6.80. The number of ether oxygens (including phenoxy) is 2. The fraction of sp³-hybridized carbons (Fsp3) is 0.320. The molecular formula is C25H22F2N4O4S. The molecular weight excluding hydrogens is 490 g/mol. The van der Waals surface area contributed by atoms with E-state index in [0.29, 0.717) is 27.7 Å². The van der Waals surface area contributed by atoms with Crippen LogP contribution in [0.25, 0.3) is 10.4 Å². The SMILES string of the molecule is Nc1nc(C(=O)N2C3CC3C[C@H]2CNC(=O)c2cc(F)cc3c2OCOC3)c(-c2cccc(F)c2)s1. The topological polar surface area (TPSA) is 107 Å². The van der Waals surface area contributed by atoms with Crippen molar-refractivity contribution in [3.8, 4) is 16.2 Å². The summed E-state index contributed by atoms with van der Waals surface area (Å²) < 4.78 is 38.6. The molecule has 2 aliphatic heterocycles. The molecule has 1 saturated carbocycles. The van der Waals surface area contributed by atoms with Crippen molar-refractivity contribution in [2.75, 3.05) is 19.1 Å². The first-order chi connectivity index (χ1) is 17.4. The number of nitrogens with two attached hydrogens (primary N) is 1. The van der Waals surface area contributed by atoms with Gasteiger partial charge in [0, 0.05) is 18.2 Å². The van der Waals surface area contributed by atoms with Crippen LogP contribution < -0.4 is 15.8 Å². The lowest BCUT2D eigenvalue weighted by molar-refractivity contribution is -0.0170. The van der Waals surface area contributed by atoms with Gasteiger partial charge < -0.3 is 25.4 Å². The molecule has 1 aromatic heterocycles. The number of nitrogen functional groups attached to an aromatic ring is 1. The van der Waals surface area contributed by atoms with Crippen LogP contribution >= 0.6 is 11.3 Å². The second kappa shape index (κ2) is 8.82. The first-order valence-corrected chi connectivity index (χ1v) is 12.4. The summed E-state index contributed by atoms with van der Waals surface area (Å²) in [5.74, 6) is -1.10. The van der Waals surface area contributed by atoms with Gasteiger partial charge in [0.1, 0.15) is 23.1 Å². The van der Waals surface area contributed by atoms with E-state index in [2.05, 4.69) is 10.3 Å². The Balaban J connectivity index is 1.22. The van der Waals surface area contributed by atoms with Crippen LogP contribution in [0.2, 0.25) is 0 Å². The minimum atomic E-state index is -0.557. The summed E-state index contributed by atoms with van der Waals surface area (Å²) in [6, 6.07) is 8.17. The van der Waals surface area contributed by atoms with Gasteiger partial charge in [0.15, 0.2) is 11.9 Å². The summed E-state index contributed by atoms with van der Waals surface area (Å²) in [4.78, 5) is 33.2. The van der Waals surface area contributed by atoms with Crippen molar-refractivity contribution in [2.45, 2.75) is 31.5 Å². The number of aromatic nitrogens is 1. The van der Waals surface area contributed by atoms with Crippen LogP contribution in [0.1, 0.15) is 39.3 Å². The number of rotatable bonds is 5. The Bertz CT molecular complexity index is 1380. The fourth-order valence-corrected chi connectivity index (χ4v) is 5.96. The van der Waals surface area contributed by atoms with E-state index < -0.39 is 17.5 Å². The van der Waals surface area contributed by atoms with Gasteiger partial charge in [-0.3, -0.25) is 9.59 Å². The average molecular weight is 513 g/mol. The summed E-state index contributed by atoms with van der Waals surface area (Å²) in [6.45, 7) is 0.331. The van der Waals surface area contributed by atoms with E-state index in [4.69, 9.17) is 15.2 Å². The average Bonchev–Trinajstić information content (AvgIpc) is 3.35. The lowest BCUT2D eigenvalue weighted by Gasteiger charge is -2.28. The molecule has 2 aromatic carbocycles. The number of benzene rings is 2. The van der Waals surface area contributed by atoms with Crippen LogP contribution in [-0.2, 0) is 11.3 Å². The van der Waals surface area contributed by atoms with Gasteiger partial charge in [0.25, 0.3) is 11.8 Å². The minimum absolute atomic E-state index is 0.0163. The molecule has 1 saturated heterocycles. The predicted octanol–water partition coefficient (Wildman–Crippen LogP) is 3.57. The van der Waals surface area contributed by atoms with Crippen LogP contribution in [0.5, 0.6) is 5.75 Å². The molecule has 0 bridgehead atoms. The van der Waals surface area contributed by atoms with E-state index >= 15 is 0 Å². The van der Waals surface area contributed by atoms with E-state index in [0.717, 1.165) is 30.2 Å². The van der Waals surface area contributed by atoms with Gasteiger partial charge in [-0.25, -0.2) is 13.8 Å². The first kappa shape index (κ1) is 22.9. The van der Waals surface area contributed by atoms with Crippen LogP contribution in [0.15, 0.2) is 36.4 Å². The van der Waals surface area contributed by atoms with E-state index in [9.17, 15) is 18.4 Å². The Morgan fingerprint density at radius 3 is 2.89 bits per heavy atom. The molecule has 6 rings (SSSR count). The molecule has 186 valence electrons. The number of piperidine rings is 1. The Labute approximate surface area is 209 Å². The lowest BCUT2D eigenvalue weighted by atomic mass is 10.1. The molecule has 1 aliphatic carbocycles. The second-order valence-electron chi connectivity index (χ2n) is 9.17. The number of fused-ring (bicyclic) bond motifs is 2. The molecule has 3 heterocycles. The monoisotopic (exact) mass is 512 g/mol. The summed E-state index contributed by atoms with van der Waals surface area (Å²) in [7, 11) is 0. The zero-order valence-corrected chi connectivity index (χ0v) is 19.8. The van der Waals surface area contributed by atoms with Crippen LogP contribution in [0.3, 0.4) is 0 Å². The molecule has 36 heavy (non-hydrogen) atoms. The molecule has 2 unspecified atom stereocenters. The van der Waals surface area contributed by atoms with E-state index in [1.165, 1.54) is 18.2 Å². The number of halogens is 2. The maximum absolute atomic E-state index is 14.1. The number of carbonyl (C=O) groups is 2. The molecule has 3 N–H and O–H groups in total. The van der Waals surface area contributed by atoms with Crippen molar-refractivity contribution in [3.05, 3.63) is 64.9 Å². The number of carbonyl (C=O) groups excluding carboxylic acids is 2.